The van der Waals surface area contributed by atoms with E-state index < -0.39 is 62.4 Å². The summed E-state index contributed by atoms with van der Waals surface area (Å²) in [6.07, 6.45) is 11.3. The highest BCUT2D eigenvalue weighted by Gasteiger charge is 2.62. The second-order valence-electron chi connectivity index (χ2n) is 18.9. The van der Waals surface area contributed by atoms with Crippen LogP contribution in [0.3, 0.4) is 0 Å². The van der Waals surface area contributed by atoms with Gasteiger partial charge in [-0.3, -0.25) is 23.7 Å². The van der Waals surface area contributed by atoms with Gasteiger partial charge >= 0.3 is 6.09 Å². The van der Waals surface area contributed by atoms with Gasteiger partial charge < -0.3 is 24.4 Å². The van der Waals surface area contributed by atoms with E-state index in [0.29, 0.717) is 44.0 Å². The van der Waals surface area contributed by atoms with Crippen LogP contribution < -0.4 is 14.8 Å². The highest BCUT2D eigenvalue weighted by molar-refractivity contribution is 7.91. The molecule has 5 fully saturated rings. The van der Waals surface area contributed by atoms with Gasteiger partial charge in [-0.2, -0.15) is 4.98 Å². The van der Waals surface area contributed by atoms with Crippen molar-refractivity contribution < 1.29 is 41.8 Å². The molecule has 2 N–H and O–H groups in total. The van der Waals surface area contributed by atoms with E-state index in [2.05, 4.69) is 15.4 Å². The van der Waals surface area contributed by atoms with Gasteiger partial charge in [-0.1, -0.05) is 43.9 Å². The molecular formula is C45H58N6O9S2. The number of aromatic nitrogens is 3. The van der Waals surface area contributed by atoms with Crippen molar-refractivity contribution in [3.05, 3.63) is 41.4 Å². The van der Waals surface area contributed by atoms with Crippen LogP contribution in [0.5, 0.6) is 6.01 Å². The number of sulfonamides is 1. The number of imidazole rings is 1. The summed E-state index contributed by atoms with van der Waals surface area (Å²) in [5.41, 5.74) is 2.39. The van der Waals surface area contributed by atoms with Crippen LogP contribution in [0.2, 0.25) is 0 Å². The van der Waals surface area contributed by atoms with E-state index in [1.807, 2.05) is 48.8 Å². The summed E-state index contributed by atoms with van der Waals surface area (Å²) in [7, 11) is -3.96. The van der Waals surface area contributed by atoms with Gasteiger partial charge in [0, 0.05) is 35.7 Å². The molecule has 15 nitrogen and oxygen atoms in total. The van der Waals surface area contributed by atoms with E-state index >= 15 is 0 Å². The van der Waals surface area contributed by atoms with E-state index in [9.17, 15) is 27.6 Å². The number of nitrogens with zero attached hydrogens (tertiary/aromatic N) is 4. The molecule has 3 aromatic rings. The number of benzene rings is 1. The number of alkyl carbamates (subject to hydrolysis) is 1. The Hall–Kier alpha value is -4.35. The normalized spacial score (nSPS) is 28.7. The Labute approximate surface area is 366 Å². The minimum Gasteiger partial charge on any atom is -0.459 e. The van der Waals surface area contributed by atoms with Gasteiger partial charge in [-0.25, -0.2) is 18.2 Å². The van der Waals surface area contributed by atoms with Crippen molar-refractivity contribution in [3.63, 3.8) is 0 Å². The molecule has 1 aromatic carbocycles. The smallest absolute Gasteiger partial charge is 0.408 e. The molecule has 2 saturated heterocycles. The molecule has 5 heterocycles. The van der Waals surface area contributed by atoms with Crippen molar-refractivity contribution >= 4 is 56.1 Å². The van der Waals surface area contributed by atoms with Crippen LogP contribution in [0.4, 0.5) is 4.79 Å². The molecule has 0 bridgehead atoms. The first-order valence-corrected chi connectivity index (χ1v) is 24.9. The molecule has 3 amide bonds. The van der Waals surface area contributed by atoms with Gasteiger partial charge in [-0.05, 0) is 90.2 Å². The van der Waals surface area contributed by atoms with Gasteiger partial charge in [0.1, 0.15) is 22.7 Å². The first kappa shape index (κ1) is 42.9. The molecule has 3 aliphatic heterocycles. The highest BCUT2D eigenvalue weighted by Crippen LogP contribution is 2.57. The van der Waals surface area contributed by atoms with Crippen LogP contribution in [0.25, 0.3) is 21.6 Å². The zero-order valence-electron chi connectivity index (χ0n) is 35.8. The number of carbonyl (C=O) groups excluding carboxylic acids is 4. The lowest BCUT2D eigenvalue weighted by Gasteiger charge is -2.30. The lowest BCUT2D eigenvalue weighted by atomic mass is 9.91. The van der Waals surface area contributed by atoms with Gasteiger partial charge in [0.2, 0.25) is 21.8 Å². The second kappa shape index (κ2) is 17.0. The first-order chi connectivity index (χ1) is 29.7. The number of ether oxygens (including phenoxy) is 3. The van der Waals surface area contributed by atoms with E-state index in [0.717, 1.165) is 59.4 Å². The molecule has 0 unspecified atom stereocenters. The Morgan fingerprint density at radius 3 is 2.52 bits per heavy atom. The predicted octanol–water partition coefficient (Wildman–Crippen LogP) is 6.72. The molecule has 0 radical (unpaired) electrons. The number of allylic oxidation sites excluding steroid dienone is 2. The third-order valence-electron chi connectivity index (χ3n) is 14.0. The van der Waals surface area contributed by atoms with Crippen molar-refractivity contribution in [2.45, 2.75) is 152 Å². The zero-order chi connectivity index (χ0) is 43.4. The molecule has 0 spiro atoms. The number of hydrogen-bond donors (Lipinski definition) is 2. The fourth-order valence-electron chi connectivity index (χ4n) is 9.72. The van der Waals surface area contributed by atoms with E-state index in [1.165, 1.54) is 17.7 Å². The standard InChI is InChI=1S/C45H58N6O9S2/c1-27(2)51-35-17-11-15-32(39-46-34(26-61-39)28-12-9-10-13-28)38(35)48-42(51)59-30-20-36-37(52)22-45(41(54)49-62(56,57)44(3)18-19-44)21-29(45)14-7-5-4-6-8-16-33(40(53)50(36)23-30)47-43(55)60-31-24-58-25-31/h7,11,14-15,17,26-31,33,36H,4-6,8-10,12-13,16,18-25H2,1-3H3,(H,47,55)(H,49,54)/b14-7-/t29-,30-,33+,36+,45-/m1/s1. The average molecular weight is 891 g/mol. The average Bonchev–Trinajstić information content (AvgIpc) is 3.70. The van der Waals surface area contributed by atoms with Crippen molar-refractivity contribution in [2.75, 3.05) is 19.8 Å². The quantitative estimate of drug-likeness (QED) is 0.206. The second-order valence-corrected chi connectivity index (χ2v) is 21.9. The number of ketones is 1. The summed E-state index contributed by atoms with van der Waals surface area (Å²) in [6, 6.07) is 4.34. The van der Waals surface area contributed by atoms with Gasteiger partial charge in [-0.15, -0.1) is 11.3 Å². The molecule has 3 aliphatic carbocycles. The zero-order valence-corrected chi connectivity index (χ0v) is 37.4. The van der Waals surface area contributed by atoms with E-state index in [4.69, 9.17) is 24.2 Å². The number of hydrogen-bond acceptors (Lipinski definition) is 12. The molecule has 62 heavy (non-hydrogen) atoms. The van der Waals surface area contributed by atoms with Crippen LogP contribution >= 0.6 is 11.3 Å². The molecule has 6 aliphatic rings. The van der Waals surface area contributed by atoms with Crippen LogP contribution in [0.15, 0.2) is 35.7 Å². The summed E-state index contributed by atoms with van der Waals surface area (Å²) in [5.74, 6) is -1.34. The first-order valence-electron chi connectivity index (χ1n) is 22.5. The van der Waals surface area contributed by atoms with Crippen molar-refractivity contribution in [1.29, 1.82) is 0 Å². The van der Waals surface area contributed by atoms with Crippen LogP contribution in [0.1, 0.15) is 128 Å². The van der Waals surface area contributed by atoms with Gasteiger partial charge in [0.05, 0.1) is 47.2 Å². The summed E-state index contributed by atoms with van der Waals surface area (Å²) in [4.78, 5) is 68.4. The maximum atomic E-state index is 14.8. The molecule has 17 heteroatoms. The van der Waals surface area contributed by atoms with Crippen LogP contribution in [-0.4, -0.2) is 100 Å². The summed E-state index contributed by atoms with van der Waals surface area (Å²) in [5, 5.41) is 5.86. The Bertz CT molecular complexity index is 2360. The molecule has 334 valence electrons. The van der Waals surface area contributed by atoms with Gasteiger partial charge in [0.15, 0.2) is 11.9 Å². The fourth-order valence-corrected chi connectivity index (χ4v) is 12.0. The third-order valence-corrected chi connectivity index (χ3v) is 17.1. The number of nitrogens with one attached hydrogen (secondary N) is 2. The topological polar surface area (TPSA) is 188 Å². The lowest BCUT2D eigenvalue weighted by molar-refractivity contribution is -0.141. The minimum absolute atomic E-state index is 0.0274. The number of fused-ring (bicyclic) bond motifs is 3. The largest absolute Gasteiger partial charge is 0.459 e. The Kier molecular flexibility index (Phi) is 11.8. The molecule has 2 aromatic heterocycles. The summed E-state index contributed by atoms with van der Waals surface area (Å²) in [6.45, 7) is 6.31. The highest BCUT2D eigenvalue weighted by atomic mass is 32.2. The van der Waals surface area contributed by atoms with Crippen molar-refractivity contribution in [1.82, 2.24) is 29.5 Å². The Balaban J connectivity index is 1.02. The predicted molar refractivity (Wildman–Crippen MR) is 232 cm³/mol. The summed E-state index contributed by atoms with van der Waals surface area (Å²) < 4.78 is 47.4. The maximum Gasteiger partial charge on any atom is 0.408 e. The molecular weight excluding hydrogens is 833 g/mol. The van der Waals surface area contributed by atoms with E-state index in [-0.39, 0.29) is 50.3 Å². The Morgan fingerprint density at radius 1 is 1.02 bits per heavy atom. The molecule has 9 rings (SSSR count). The molecule has 5 atom stereocenters. The molecule has 3 saturated carbocycles. The maximum absolute atomic E-state index is 14.8. The fraction of sp³-hybridized carbons (Fsp3) is 0.644. The number of carbonyl (C=O) groups is 4. The van der Waals surface area contributed by atoms with Crippen LogP contribution in [-0.2, 0) is 33.9 Å². The van der Waals surface area contributed by atoms with Gasteiger partial charge in [0.25, 0.3) is 6.01 Å². The minimum atomic E-state index is -3.96. The number of rotatable bonds is 10. The van der Waals surface area contributed by atoms with Crippen molar-refractivity contribution in [3.8, 4) is 16.6 Å². The monoisotopic (exact) mass is 890 g/mol. The lowest BCUT2D eigenvalue weighted by Crippen LogP contribution is -2.53. The third kappa shape index (κ3) is 8.40. The number of para-hydroxylation sites is 1. The van der Waals surface area contributed by atoms with E-state index in [1.54, 1.807) is 18.3 Å². The van der Waals surface area contributed by atoms with Crippen molar-refractivity contribution in [2.24, 2.45) is 11.3 Å². The number of amides is 3. The summed E-state index contributed by atoms with van der Waals surface area (Å²) >= 11 is 1.62. The van der Waals surface area contributed by atoms with Crippen LogP contribution in [0, 0.1) is 11.3 Å². The number of Topliss-reactive ketones (excluding diaryl/α,β-unsaturated/α-hetero) is 1. The Morgan fingerprint density at radius 2 is 1.79 bits per heavy atom. The number of thiazole rings is 1. The SMILES string of the molecule is CC(C)n1c(O[C@@H]2C[C@H]3C(=O)C[C@]4(C(=O)NS(=O)(=O)C5(C)CC5)C[C@H]4/C=C\CCCCC[C@H](NC(=O)OC4COC4)C(=O)N3C2)nc2c(-c3nc(C4CCCC4)cs3)cccc21.